The Bertz CT molecular complexity index is 867. The minimum Gasteiger partial charge on any atom is -0.440 e. The first-order chi connectivity index (χ1) is 14.2. The number of H-pyrrole nitrogens is 1. The zero-order chi connectivity index (χ0) is 20.5. The van der Waals surface area contributed by atoms with Gasteiger partial charge in [-0.3, -0.25) is 9.94 Å². The topological polar surface area (TPSA) is 93.5 Å². The van der Waals surface area contributed by atoms with Crippen LogP contribution in [0.1, 0.15) is 31.4 Å². The van der Waals surface area contributed by atoms with Crippen LogP contribution in [0.2, 0.25) is 0 Å². The molecule has 3 N–H and O–H groups in total. The lowest BCUT2D eigenvalue weighted by Crippen LogP contribution is -2.33. The molecule has 1 aromatic heterocycles. The van der Waals surface area contributed by atoms with Gasteiger partial charge in [-0.25, -0.2) is 4.79 Å². The standard InChI is InChI=1S/C22H26N4O3/c1-17(18-7-3-2-4-8-18)29-22(27)26(28-14-6-5-13-23)21-11-9-19(10-12-21)20-15-24-25-16-20/h2-4,7-12,15-17H,5-6,13-14,23H2,1H3,(H,24,25). The monoisotopic (exact) mass is 394 g/mol. The molecule has 3 aromatic rings. The van der Waals surface area contributed by atoms with Gasteiger partial charge in [0.25, 0.3) is 0 Å². The van der Waals surface area contributed by atoms with Crippen LogP contribution in [0.3, 0.4) is 0 Å². The van der Waals surface area contributed by atoms with Crippen molar-refractivity contribution in [2.45, 2.75) is 25.9 Å². The highest BCUT2D eigenvalue weighted by Gasteiger charge is 2.22. The first kappa shape index (κ1) is 20.6. The number of nitrogens with two attached hydrogens (primary N) is 1. The van der Waals surface area contributed by atoms with Crippen LogP contribution in [0.25, 0.3) is 11.1 Å². The van der Waals surface area contributed by atoms with Crippen molar-refractivity contribution in [3.05, 3.63) is 72.6 Å². The molecule has 7 heteroatoms. The molecule has 1 atom stereocenters. The van der Waals surface area contributed by atoms with Gasteiger partial charge in [-0.15, -0.1) is 0 Å². The molecule has 1 unspecified atom stereocenters. The van der Waals surface area contributed by atoms with Crippen molar-refractivity contribution in [3.63, 3.8) is 0 Å². The molecular formula is C22H26N4O3. The van der Waals surface area contributed by atoms with Crippen molar-refractivity contribution in [1.82, 2.24) is 10.2 Å². The summed E-state index contributed by atoms with van der Waals surface area (Å²) in [6.45, 7) is 2.79. The fraction of sp³-hybridized carbons (Fsp3) is 0.273. The van der Waals surface area contributed by atoms with E-state index in [0.717, 1.165) is 29.5 Å². The van der Waals surface area contributed by atoms with Crippen molar-refractivity contribution in [3.8, 4) is 11.1 Å². The number of nitrogens with one attached hydrogen (secondary N) is 1. The summed E-state index contributed by atoms with van der Waals surface area (Å²) in [6, 6.07) is 17.0. The van der Waals surface area contributed by atoms with E-state index in [4.69, 9.17) is 15.3 Å². The smallest absolute Gasteiger partial charge is 0.439 e. The minimum atomic E-state index is -0.565. The normalized spacial score (nSPS) is 11.8. The maximum absolute atomic E-state index is 12.8. The average molecular weight is 394 g/mol. The molecule has 0 spiro atoms. The van der Waals surface area contributed by atoms with Gasteiger partial charge in [0.2, 0.25) is 0 Å². The van der Waals surface area contributed by atoms with E-state index in [1.54, 1.807) is 6.20 Å². The number of unbranched alkanes of at least 4 members (excludes halogenated alkanes) is 1. The number of ether oxygens (including phenoxy) is 1. The Hall–Kier alpha value is -3.16. The first-order valence-electron chi connectivity index (χ1n) is 9.67. The molecule has 0 aliphatic rings. The summed E-state index contributed by atoms with van der Waals surface area (Å²) in [5.41, 5.74) is 9.00. The SMILES string of the molecule is CC(OC(=O)N(OCCCCN)c1ccc(-c2cn[nH]c2)cc1)c1ccccc1. The predicted molar refractivity (Wildman–Crippen MR) is 112 cm³/mol. The minimum absolute atomic E-state index is 0.371. The average Bonchev–Trinajstić information content (AvgIpc) is 3.29. The predicted octanol–water partition coefficient (Wildman–Crippen LogP) is 4.45. The first-order valence-corrected chi connectivity index (χ1v) is 9.67. The van der Waals surface area contributed by atoms with E-state index >= 15 is 0 Å². The van der Waals surface area contributed by atoms with Crippen LogP contribution in [0.15, 0.2) is 67.0 Å². The van der Waals surface area contributed by atoms with Gasteiger partial charge in [0.15, 0.2) is 0 Å². The third-order valence-electron chi connectivity index (χ3n) is 4.46. The van der Waals surface area contributed by atoms with Crippen molar-refractivity contribution in [2.24, 2.45) is 5.73 Å². The molecule has 1 amide bonds. The summed E-state index contributed by atoms with van der Waals surface area (Å²) in [5, 5.41) is 7.95. The van der Waals surface area contributed by atoms with Gasteiger partial charge in [-0.2, -0.15) is 10.2 Å². The van der Waals surface area contributed by atoms with Crippen molar-refractivity contribution in [1.29, 1.82) is 0 Å². The van der Waals surface area contributed by atoms with Gasteiger partial charge in [0.05, 0.1) is 18.5 Å². The molecule has 2 aromatic carbocycles. The van der Waals surface area contributed by atoms with Crippen LogP contribution in [-0.2, 0) is 9.57 Å². The van der Waals surface area contributed by atoms with Gasteiger partial charge in [-0.1, -0.05) is 42.5 Å². The van der Waals surface area contributed by atoms with Gasteiger partial charge in [0.1, 0.15) is 6.10 Å². The summed E-state index contributed by atoms with van der Waals surface area (Å²) in [6.07, 6.45) is 4.16. The van der Waals surface area contributed by atoms with Crippen LogP contribution in [-0.4, -0.2) is 29.4 Å². The number of aromatic nitrogens is 2. The van der Waals surface area contributed by atoms with E-state index in [9.17, 15) is 4.79 Å². The molecule has 152 valence electrons. The number of benzene rings is 2. The molecule has 0 bridgehead atoms. The van der Waals surface area contributed by atoms with E-state index in [0.29, 0.717) is 18.8 Å². The van der Waals surface area contributed by atoms with Crippen LogP contribution in [0.5, 0.6) is 0 Å². The number of carbonyl (C=O) groups excluding carboxylic acids is 1. The summed E-state index contributed by atoms with van der Waals surface area (Å²) in [5.74, 6) is 0. The lowest BCUT2D eigenvalue weighted by molar-refractivity contribution is 0.0545. The molecule has 7 nitrogen and oxygen atoms in total. The Morgan fingerprint density at radius 1 is 1.10 bits per heavy atom. The number of hydrogen-bond donors (Lipinski definition) is 2. The number of amides is 1. The van der Waals surface area contributed by atoms with Gasteiger partial charge < -0.3 is 10.5 Å². The Morgan fingerprint density at radius 3 is 2.52 bits per heavy atom. The number of rotatable bonds is 9. The van der Waals surface area contributed by atoms with Crippen LogP contribution < -0.4 is 10.8 Å². The van der Waals surface area contributed by atoms with E-state index in [2.05, 4.69) is 10.2 Å². The van der Waals surface area contributed by atoms with Crippen LogP contribution in [0.4, 0.5) is 10.5 Å². The molecule has 0 fully saturated rings. The fourth-order valence-electron chi connectivity index (χ4n) is 2.82. The maximum atomic E-state index is 12.8. The van der Waals surface area contributed by atoms with Crippen molar-refractivity contribution < 1.29 is 14.4 Å². The number of hydroxylamine groups is 1. The number of hydrogen-bond acceptors (Lipinski definition) is 5. The highest BCUT2D eigenvalue weighted by molar-refractivity contribution is 5.86. The second-order valence-electron chi connectivity index (χ2n) is 6.59. The Morgan fingerprint density at radius 2 is 1.86 bits per heavy atom. The molecule has 29 heavy (non-hydrogen) atoms. The Balaban J connectivity index is 1.73. The lowest BCUT2D eigenvalue weighted by Gasteiger charge is -2.24. The summed E-state index contributed by atoms with van der Waals surface area (Å²) in [7, 11) is 0. The van der Waals surface area contributed by atoms with E-state index in [1.165, 1.54) is 5.06 Å². The Labute approximate surface area is 170 Å². The third-order valence-corrected chi connectivity index (χ3v) is 4.46. The van der Waals surface area contributed by atoms with Crippen LogP contribution in [0, 0.1) is 0 Å². The summed E-state index contributed by atoms with van der Waals surface area (Å²) in [4.78, 5) is 18.6. The third kappa shape index (κ3) is 5.66. The molecule has 0 radical (unpaired) electrons. The quantitative estimate of drug-likeness (QED) is 0.413. The number of nitrogens with zero attached hydrogens (tertiary/aromatic N) is 2. The molecule has 3 rings (SSSR count). The highest BCUT2D eigenvalue weighted by Crippen LogP contribution is 2.25. The van der Waals surface area contributed by atoms with Crippen molar-refractivity contribution >= 4 is 11.8 Å². The van der Waals surface area contributed by atoms with Gasteiger partial charge in [-0.05, 0) is 49.6 Å². The van der Waals surface area contributed by atoms with E-state index in [1.807, 2.05) is 67.7 Å². The molecular weight excluding hydrogens is 368 g/mol. The number of aromatic amines is 1. The summed E-state index contributed by atoms with van der Waals surface area (Å²) < 4.78 is 5.63. The largest absolute Gasteiger partial charge is 0.440 e. The summed E-state index contributed by atoms with van der Waals surface area (Å²) >= 11 is 0. The fourth-order valence-corrected chi connectivity index (χ4v) is 2.82. The van der Waals surface area contributed by atoms with E-state index < -0.39 is 12.2 Å². The zero-order valence-corrected chi connectivity index (χ0v) is 16.5. The molecule has 1 heterocycles. The lowest BCUT2D eigenvalue weighted by atomic mass is 10.1. The number of anilines is 1. The number of carbonyl (C=O) groups is 1. The second-order valence-corrected chi connectivity index (χ2v) is 6.59. The molecule has 0 aliphatic carbocycles. The van der Waals surface area contributed by atoms with Gasteiger partial charge >= 0.3 is 6.09 Å². The molecule has 0 saturated carbocycles. The van der Waals surface area contributed by atoms with Crippen LogP contribution >= 0.6 is 0 Å². The van der Waals surface area contributed by atoms with Crippen molar-refractivity contribution in [2.75, 3.05) is 18.2 Å². The molecule has 0 saturated heterocycles. The molecule has 0 aliphatic heterocycles. The second kappa shape index (κ2) is 10.4. The Kier molecular flexibility index (Phi) is 7.38. The highest BCUT2D eigenvalue weighted by atomic mass is 16.7. The van der Waals surface area contributed by atoms with E-state index in [-0.39, 0.29) is 0 Å². The zero-order valence-electron chi connectivity index (χ0n) is 16.5. The van der Waals surface area contributed by atoms with Gasteiger partial charge in [0, 0.05) is 11.8 Å². The maximum Gasteiger partial charge on any atom is 0.439 e.